The van der Waals surface area contributed by atoms with E-state index in [0.29, 0.717) is 0 Å². The highest BCUT2D eigenvalue weighted by molar-refractivity contribution is 7.15. The Morgan fingerprint density at radius 2 is 1.23 bits per heavy atom. The smallest absolute Gasteiger partial charge is 0.0128 e. The molecule has 0 radical (unpaired) electrons. The van der Waals surface area contributed by atoms with Crippen LogP contribution in [-0.4, -0.2) is 0 Å². The summed E-state index contributed by atoms with van der Waals surface area (Å²) < 4.78 is 0. The van der Waals surface area contributed by atoms with Crippen molar-refractivity contribution in [3.8, 4) is 22.3 Å². The number of aryl methyl sites for hydroxylation is 2. The van der Waals surface area contributed by atoms with Gasteiger partial charge in [0.1, 0.15) is 0 Å². The second-order valence-electron chi connectivity index (χ2n) is 5.78. The van der Waals surface area contributed by atoms with Crippen molar-refractivity contribution in [3.05, 3.63) is 83.4 Å². The summed E-state index contributed by atoms with van der Waals surface area (Å²) in [6.45, 7) is 4.33. The molecule has 0 bridgehead atoms. The molecule has 3 aromatic carbocycles. The van der Waals surface area contributed by atoms with Gasteiger partial charge in [-0.15, -0.1) is 9.24 Å². The van der Waals surface area contributed by atoms with Crippen molar-refractivity contribution in [2.24, 2.45) is 0 Å². The molecule has 1 heteroatoms. The van der Waals surface area contributed by atoms with Gasteiger partial charge in [-0.25, -0.2) is 0 Å². The molecule has 0 aromatic heterocycles. The van der Waals surface area contributed by atoms with Crippen LogP contribution in [0.15, 0.2) is 66.7 Å². The van der Waals surface area contributed by atoms with Crippen LogP contribution in [0.2, 0.25) is 0 Å². The van der Waals surface area contributed by atoms with Crippen molar-refractivity contribution in [3.63, 3.8) is 0 Å². The van der Waals surface area contributed by atoms with Crippen LogP contribution >= 0.6 is 9.24 Å². The van der Waals surface area contributed by atoms with Crippen molar-refractivity contribution < 1.29 is 0 Å². The molecule has 0 saturated heterocycles. The zero-order valence-electron chi connectivity index (χ0n) is 13.1. The zero-order chi connectivity index (χ0) is 15.5. The van der Waals surface area contributed by atoms with Gasteiger partial charge in [-0.05, 0) is 65.0 Å². The first-order valence-electron chi connectivity index (χ1n) is 7.64. The first-order valence-corrected chi connectivity index (χ1v) is 8.46. The average molecular weight is 304 g/mol. The van der Waals surface area contributed by atoms with Gasteiger partial charge in [0.25, 0.3) is 0 Å². The molecule has 1 unspecified atom stereocenters. The Labute approximate surface area is 135 Å². The van der Waals surface area contributed by atoms with E-state index in [-0.39, 0.29) is 0 Å². The molecule has 0 fully saturated rings. The number of rotatable bonds is 3. The van der Waals surface area contributed by atoms with Crippen LogP contribution in [0.1, 0.15) is 16.7 Å². The van der Waals surface area contributed by atoms with Gasteiger partial charge in [-0.3, -0.25) is 0 Å². The second kappa shape index (κ2) is 6.46. The van der Waals surface area contributed by atoms with Crippen LogP contribution in [0.25, 0.3) is 22.3 Å². The predicted molar refractivity (Wildman–Crippen MR) is 100 cm³/mol. The fraction of sp³-hybridized carbons (Fsp3) is 0.143. The molecule has 0 nitrogen and oxygen atoms in total. The molecule has 3 aromatic rings. The molecule has 0 aliphatic rings. The summed E-state index contributed by atoms with van der Waals surface area (Å²) in [6.07, 6.45) is 1.00. The Bertz CT molecular complexity index is 785. The van der Waals surface area contributed by atoms with Crippen molar-refractivity contribution >= 4 is 9.24 Å². The molecular weight excluding hydrogens is 283 g/mol. The van der Waals surface area contributed by atoms with Gasteiger partial charge < -0.3 is 0 Å². The molecule has 0 spiro atoms. The lowest BCUT2D eigenvalue weighted by atomic mass is 9.96. The van der Waals surface area contributed by atoms with Gasteiger partial charge in [0.15, 0.2) is 0 Å². The normalized spacial score (nSPS) is 10.7. The molecule has 1 atom stereocenters. The van der Waals surface area contributed by atoms with Gasteiger partial charge in [0.05, 0.1) is 0 Å². The van der Waals surface area contributed by atoms with Gasteiger partial charge in [0, 0.05) is 0 Å². The summed E-state index contributed by atoms with van der Waals surface area (Å²) in [5, 5.41) is 0. The van der Waals surface area contributed by atoms with E-state index < -0.39 is 0 Å². The lowest BCUT2D eigenvalue weighted by Gasteiger charge is -2.09. The predicted octanol–water partition coefficient (Wildman–Crippen LogP) is 6.01. The Morgan fingerprint density at radius 3 is 1.86 bits per heavy atom. The third kappa shape index (κ3) is 3.13. The Balaban J connectivity index is 1.99. The second-order valence-corrected chi connectivity index (χ2v) is 6.19. The van der Waals surface area contributed by atoms with E-state index in [4.69, 9.17) is 0 Å². The minimum atomic E-state index is 1.00. The fourth-order valence-corrected chi connectivity index (χ4v) is 2.90. The Hall–Kier alpha value is -1.91. The van der Waals surface area contributed by atoms with E-state index in [9.17, 15) is 0 Å². The molecule has 0 saturated carbocycles. The third-order valence-electron chi connectivity index (χ3n) is 4.23. The van der Waals surface area contributed by atoms with E-state index in [1.54, 1.807) is 0 Å². The van der Waals surface area contributed by atoms with Crippen LogP contribution in [0.5, 0.6) is 0 Å². The molecule has 0 N–H and O–H groups in total. The van der Waals surface area contributed by atoms with Crippen molar-refractivity contribution in [2.75, 3.05) is 0 Å². The number of hydrogen-bond donors (Lipinski definition) is 0. The minimum absolute atomic E-state index is 1.00. The van der Waals surface area contributed by atoms with E-state index in [1.807, 2.05) is 0 Å². The van der Waals surface area contributed by atoms with Crippen LogP contribution < -0.4 is 0 Å². The molecule has 0 aliphatic heterocycles. The molecule has 0 aliphatic carbocycles. The van der Waals surface area contributed by atoms with Crippen LogP contribution in [0.4, 0.5) is 0 Å². The zero-order valence-corrected chi connectivity index (χ0v) is 14.3. The first kappa shape index (κ1) is 15.0. The largest absolute Gasteiger partial charge is 0.133 e. The fourth-order valence-electron chi connectivity index (χ4n) is 2.63. The van der Waals surface area contributed by atoms with Crippen LogP contribution in [0.3, 0.4) is 0 Å². The first-order chi connectivity index (χ1) is 10.7. The summed E-state index contributed by atoms with van der Waals surface area (Å²) in [6, 6.07) is 24.3. The summed E-state index contributed by atoms with van der Waals surface area (Å²) >= 11 is 0. The highest BCUT2D eigenvalue weighted by Gasteiger charge is 2.03. The standard InChI is InChI=1S/C21H21P/c1-15-6-9-21(12-16(15)2)20-5-3-4-19(13-20)18-10-7-17(14-22)8-11-18/h3-13H,14,22H2,1-2H3. The maximum atomic E-state index is 2.77. The van der Waals surface area contributed by atoms with E-state index >= 15 is 0 Å². The van der Waals surface area contributed by atoms with Gasteiger partial charge >= 0.3 is 0 Å². The minimum Gasteiger partial charge on any atom is -0.133 e. The van der Waals surface area contributed by atoms with Crippen LogP contribution in [0, 0.1) is 13.8 Å². The van der Waals surface area contributed by atoms with E-state index in [0.717, 1.165) is 6.16 Å². The summed E-state index contributed by atoms with van der Waals surface area (Å²) in [4.78, 5) is 0. The Kier molecular flexibility index (Phi) is 4.41. The quantitative estimate of drug-likeness (QED) is 0.520. The monoisotopic (exact) mass is 304 g/mol. The molecular formula is C21H21P. The molecule has 0 heterocycles. The summed E-state index contributed by atoms with van der Waals surface area (Å²) in [7, 11) is 2.77. The molecule has 110 valence electrons. The lowest BCUT2D eigenvalue weighted by Crippen LogP contribution is -1.85. The Morgan fingerprint density at radius 1 is 0.636 bits per heavy atom. The topological polar surface area (TPSA) is 0 Å². The third-order valence-corrected chi connectivity index (χ3v) is 4.70. The highest BCUT2D eigenvalue weighted by Crippen LogP contribution is 2.28. The van der Waals surface area contributed by atoms with Gasteiger partial charge in [-0.1, -0.05) is 60.7 Å². The summed E-state index contributed by atoms with van der Waals surface area (Å²) in [5.74, 6) is 0. The maximum Gasteiger partial charge on any atom is -0.0128 e. The van der Waals surface area contributed by atoms with Crippen LogP contribution in [-0.2, 0) is 6.16 Å². The number of hydrogen-bond acceptors (Lipinski definition) is 0. The highest BCUT2D eigenvalue weighted by atomic mass is 31.0. The van der Waals surface area contributed by atoms with Gasteiger partial charge in [-0.2, -0.15) is 0 Å². The average Bonchev–Trinajstić information content (AvgIpc) is 2.57. The van der Waals surface area contributed by atoms with E-state index in [2.05, 4.69) is 89.8 Å². The molecule has 3 rings (SSSR count). The van der Waals surface area contributed by atoms with Crippen molar-refractivity contribution in [1.29, 1.82) is 0 Å². The number of benzene rings is 3. The van der Waals surface area contributed by atoms with Crippen molar-refractivity contribution in [2.45, 2.75) is 20.0 Å². The molecule has 0 amide bonds. The maximum absolute atomic E-state index is 2.77. The van der Waals surface area contributed by atoms with Crippen molar-refractivity contribution in [1.82, 2.24) is 0 Å². The summed E-state index contributed by atoms with van der Waals surface area (Å²) in [5.41, 5.74) is 9.13. The lowest BCUT2D eigenvalue weighted by molar-refractivity contribution is 1.34. The SMILES string of the molecule is Cc1ccc(-c2cccc(-c3ccc(CP)cc3)c2)cc1C. The van der Waals surface area contributed by atoms with Gasteiger partial charge in [0.2, 0.25) is 0 Å². The molecule has 22 heavy (non-hydrogen) atoms. The van der Waals surface area contributed by atoms with E-state index in [1.165, 1.54) is 38.9 Å².